The first kappa shape index (κ1) is 19.9. The van der Waals surface area contributed by atoms with Gasteiger partial charge in [0.15, 0.2) is 17.3 Å². The second kappa shape index (κ2) is 9.85. The van der Waals surface area contributed by atoms with Crippen LogP contribution in [0, 0.1) is 0 Å². The number of rotatable bonds is 8. The van der Waals surface area contributed by atoms with E-state index < -0.39 is 0 Å². The van der Waals surface area contributed by atoms with Gasteiger partial charge in [0.25, 0.3) is 5.91 Å². The van der Waals surface area contributed by atoms with Gasteiger partial charge >= 0.3 is 0 Å². The Bertz CT molecular complexity index is 645. The number of amides is 1. The third kappa shape index (κ3) is 5.47. The lowest BCUT2D eigenvalue weighted by molar-refractivity contribution is 0.0918. The Morgan fingerprint density at radius 1 is 1.21 bits per heavy atom. The van der Waals surface area contributed by atoms with Crippen molar-refractivity contribution in [1.29, 1.82) is 0 Å². The monoisotopic (exact) mass is 354 g/mol. The highest BCUT2D eigenvalue weighted by atomic mass is 35.5. The third-order valence-corrected chi connectivity index (χ3v) is 3.39. The summed E-state index contributed by atoms with van der Waals surface area (Å²) in [6, 6.07) is 10.9. The molecule has 24 heavy (non-hydrogen) atoms. The zero-order valence-corrected chi connectivity index (χ0v) is 14.8. The van der Waals surface area contributed by atoms with Crippen molar-refractivity contribution in [3.63, 3.8) is 0 Å². The van der Waals surface area contributed by atoms with Gasteiger partial charge in [-0.2, -0.15) is 0 Å². The highest BCUT2D eigenvalue weighted by Crippen LogP contribution is 2.26. The van der Waals surface area contributed by atoms with Crippen molar-refractivity contribution < 1.29 is 18.7 Å². The normalized spacial score (nSPS) is 11.3. The Kier molecular flexibility index (Phi) is 8.15. The molecular weight excluding hydrogens is 332 g/mol. The number of carbonyl (C=O) groups excluding carboxylic acids is 1. The average Bonchev–Trinajstić information content (AvgIpc) is 3.06. The molecule has 1 unspecified atom stereocenters. The molecule has 1 amide bonds. The molecule has 1 aromatic heterocycles. The maximum atomic E-state index is 12.0. The highest BCUT2D eigenvalue weighted by molar-refractivity contribution is 5.91. The van der Waals surface area contributed by atoms with E-state index in [1.54, 1.807) is 19.2 Å². The van der Waals surface area contributed by atoms with Gasteiger partial charge in [0.1, 0.15) is 12.4 Å². The molecule has 2 rings (SSSR count). The molecule has 0 aliphatic carbocycles. The van der Waals surface area contributed by atoms with Gasteiger partial charge in [-0.25, -0.2) is 0 Å². The van der Waals surface area contributed by atoms with E-state index in [4.69, 9.17) is 13.9 Å². The Balaban J connectivity index is 0.00000288. The van der Waals surface area contributed by atoms with Crippen LogP contribution in [0.4, 0.5) is 0 Å². The molecule has 6 nitrogen and oxygen atoms in total. The highest BCUT2D eigenvalue weighted by Gasteiger charge is 2.12. The summed E-state index contributed by atoms with van der Waals surface area (Å²) in [4.78, 5) is 12.0. The number of furan rings is 1. The molecule has 0 saturated heterocycles. The Labute approximate surface area is 147 Å². The van der Waals surface area contributed by atoms with Gasteiger partial charge in [-0.05, 0) is 38.2 Å². The van der Waals surface area contributed by atoms with E-state index in [0.717, 1.165) is 0 Å². The molecule has 1 atom stereocenters. The summed E-state index contributed by atoms with van der Waals surface area (Å²) in [6.45, 7) is 2.73. The van der Waals surface area contributed by atoms with Crippen LogP contribution >= 0.6 is 12.4 Å². The minimum absolute atomic E-state index is 0. The lowest BCUT2D eigenvalue weighted by atomic mass is 10.3. The minimum Gasteiger partial charge on any atom is -0.493 e. The quantitative estimate of drug-likeness (QED) is 0.762. The molecule has 2 aromatic rings. The van der Waals surface area contributed by atoms with E-state index in [2.05, 4.69) is 10.6 Å². The lowest BCUT2D eigenvalue weighted by Crippen LogP contribution is -2.37. The number of halogens is 1. The van der Waals surface area contributed by atoms with Crippen LogP contribution < -0.4 is 20.1 Å². The number of nitrogens with one attached hydrogen (secondary N) is 2. The standard InChI is InChI=1S/C17H22N2O4.ClH/c1-12(18-2)10-19-17(20)16-9-8-13(23-16)11-22-15-7-5-4-6-14(15)21-3;/h4-9,12,18H,10-11H2,1-3H3,(H,19,20);1H. The van der Waals surface area contributed by atoms with Crippen LogP contribution in [-0.4, -0.2) is 32.7 Å². The van der Waals surface area contributed by atoms with Crippen molar-refractivity contribution in [2.24, 2.45) is 0 Å². The largest absolute Gasteiger partial charge is 0.493 e. The van der Waals surface area contributed by atoms with Crippen LogP contribution in [0.2, 0.25) is 0 Å². The molecule has 0 saturated carbocycles. The van der Waals surface area contributed by atoms with Gasteiger partial charge in [-0.3, -0.25) is 4.79 Å². The first-order valence-electron chi connectivity index (χ1n) is 7.44. The molecule has 0 spiro atoms. The molecule has 7 heteroatoms. The zero-order chi connectivity index (χ0) is 16.7. The molecule has 1 heterocycles. The van der Waals surface area contributed by atoms with E-state index in [1.165, 1.54) is 0 Å². The lowest BCUT2D eigenvalue weighted by Gasteiger charge is -2.10. The Morgan fingerprint density at radius 2 is 1.92 bits per heavy atom. The van der Waals surface area contributed by atoms with Crippen LogP contribution in [-0.2, 0) is 6.61 Å². The summed E-state index contributed by atoms with van der Waals surface area (Å²) >= 11 is 0. The van der Waals surface area contributed by atoms with Crippen molar-refractivity contribution in [1.82, 2.24) is 10.6 Å². The molecule has 2 N–H and O–H groups in total. The summed E-state index contributed by atoms with van der Waals surface area (Å²) in [5.41, 5.74) is 0. The van der Waals surface area contributed by atoms with Crippen molar-refractivity contribution in [2.45, 2.75) is 19.6 Å². The van der Waals surface area contributed by atoms with Gasteiger partial charge in [0, 0.05) is 12.6 Å². The van der Waals surface area contributed by atoms with E-state index in [-0.39, 0.29) is 36.7 Å². The summed E-state index contributed by atoms with van der Waals surface area (Å²) in [7, 11) is 3.43. The van der Waals surface area contributed by atoms with Gasteiger partial charge in [-0.15, -0.1) is 12.4 Å². The molecule has 0 radical (unpaired) electrons. The van der Waals surface area contributed by atoms with Gasteiger partial charge < -0.3 is 24.5 Å². The number of methoxy groups -OCH3 is 1. The summed E-state index contributed by atoms with van der Waals surface area (Å²) in [5, 5.41) is 5.85. The summed E-state index contributed by atoms with van der Waals surface area (Å²) in [5.74, 6) is 1.88. The van der Waals surface area contributed by atoms with E-state index >= 15 is 0 Å². The number of likely N-dealkylation sites (N-methyl/N-ethyl adjacent to an activating group) is 1. The first-order valence-corrected chi connectivity index (χ1v) is 7.44. The number of hydrogen-bond acceptors (Lipinski definition) is 5. The summed E-state index contributed by atoms with van der Waals surface area (Å²) in [6.07, 6.45) is 0. The Hall–Kier alpha value is -2.18. The number of benzene rings is 1. The third-order valence-electron chi connectivity index (χ3n) is 3.39. The second-order valence-electron chi connectivity index (χ2n) is 5.11. The minimum atomic E-state index is -0.240. The average molecular weight is 355 g/mol. The van der Waals surface area contributed by atoms with Gasteiger partial charge in [0.05, 0.1) is 7.11 Å². The predicted octanol–water partition coefficient (Wildman–Crippen LogP) is 2.63. The molecule has 0 fully saturated rings. The molecular formula is C17H23ClN2O4. The topological polar surface area (TPSA) is 72.7 Å². The van der Waals surface area contributed by atoms with Crippen LogP contribution in [0.1, 0.15) is 23.2 Å². The van der Waals surface area contributed by atoms with Crippen LogP contribution in [0.5, 0.6) is 11.5 Å². The Morgan fingerprint density at radius 3 is 2.58 bits per heavy atom. The van der Waals surface area contributed by atoms with E-state index in [0.29, 0.717) is 23.8 Å². The number of ether oxygens (including phenoxy) is 2. The molecule has 132 valence electrons. The van der Waals surface area contributed by atoms with Crippen LogP contribution in [0.15, 0.2) is 40.8 Å². The van der Waals surface area contributed by atoms with Crippen molar-refractivity contribution in [3.8, 4) is 11.5 Å². The van der Waals surface area contributed by atoms with Crippen molar-refractivity contribution in [3.05, 3.63) is 47.9 Å². The van der Waals surface area contributed by atoms with Crippen LogP contribution in [0.3, 0.4) is 0 Å². The molecule has 0 aliphatic heterocycles. The zero-order valence-electron chi connectivity index (χ0n) is 14.0. The number of para-hydroxylation sites is 2. The van der Waals surface area contributed by atoms with E-state index in [9.17, 15) is 4.79 Å². The SMILES string of the molecule is CNC(C)CNC(=O)c1ccc(COc2ccccc2OC)o1.Cl. The molecule has 0 aliphatic rings. The van der Waals surface area contributed by atoms with Crippen LogP contribution in [0.25, 0.3) is 0 Å². The van der Waals surface area contributed by atoms with Gasteiger partial charge in [0.2, 0.25) is 0 Å². The fraction of sp³-hybridized carbons (Fsp3) is 0.353. The number of carbonyl (C=O) groups is 1. The van der Waals surface area contributed by atoms with Crippen molar-refractivity contribution in [2.75, 3.05) is 20.7 Å². The molecule has 0 bridgehead atoms. The fourth-order valence-electron chi connectivity index (χ4n) is 1.90. The maximum absolute atomic E-state index is 12.0. The van der Waals surface area contributed by atoms with E-state index in [1.807, 2.05) is 38.2 Å². The summed E-state index contributed by atoms with van der Waals surface area (Å²) < 4.78 is 16.4. The molecule has 1 aromatic carbocycles. The van der Waals surface area contributed by atoms with Crippen molar-refractivity contribution >= 4 is 18.3 Å². The maximum Gasteiger partial charge on any atom is 0.287 e. The number of hydrogen-bond donors (Lipinski definition) is 2. The smallest absolute Gasteiger partial charge is 0.287 e. The fourth-order valence-corrected chi connectivity index (χ4v) is 1.90. The predicted molar refractivity (Wildman–Crippen MR) is 94.1 cm³/mol. The second-order valence-corrected chi connectivity index (χ2v) is 5.11. The first-order chi connectivity index (χ1) is 11.1. The van der Waals surface area contributed by atoms with Gasteiger partial charge in [-0.1, -0.05) is 12.1 Å².